The second kappa shape index (κ2) is 5.74. The summed E-state index contributed by atoms with van der Waals surface area (Å²) in [5.41, 5.74) is 2.50. The van der Waals surface area contributed by atoms with E-state index in [1.165, 1.54) is 6.07 Å². The van der Waals surface area contributed by atoms with E-state index < -0.39 is 0 Å². The Morgan fingerprint density at radius 2 is 1.84 bits per heavy atom. The van der Waals surface area contributed by atoms with Crippen molar-refractivity contribution in [3.8, 4) is 5.75 Å². The summed E-state index contributed by atoms with van der Waals surface area (Å²) in [7, 11) is 0. The van der Waals surface area contributed by atoms with Crippen LogP contribution >= 0.6 is 0 Å². The van der Waals surface area contributed by atoms with Crippen LogP contribution in [0.1, 0.15) is 30.5 Å². The lowest BCUT2D eigenvalue weighted by atomic mass is 10.0. The van der Waals surface area contributed by atoms with E-state index in [9.17, 15) is 9.50 Å². The van der Waals surface area contributed by atoms with E-state index in [2.05, 4.69) is 12.2 Å². The number of phenols is 1. The summed E-state index contributed by atoms with van der Waals surface area (Å²) in [5, 5.41) is 12.7. The first-order valence-corrected chi connectivity index (χ1v) is 6.42. The summed E-state index contributed by atoms with van der Waals surface area (Å²) in [5.74, 6) is 0.0473. The third-order valence-electron chi connectivity index (χ3n) is 3.30. The van der Waals surface area contributed by atoms with Crippen LogP contribution in [0, 0.1) is 12.7 Å². The lowest BCUT2D eigenvalue weighted by molar-refractivity contribution is 0.475. The molecule has 0 aliphatic carbocycles. The van der Waals surface area contributed by atoms with Crippen molar-refractivity contribution in [1.82, 2.24) is 0 Å². The predicted octanol–water partition coefficient (Wildman–Crippen LogP) is 4.40. The van der Waals surface area contributed by atoms with Crippen LogP contribution in [0.2, 0.25) is 0 Å². The molecule has 0 heterocycles. The fourth-order valence-corrected chi connectivity index (χ4v) is 2.08. The Morgan fingerprint density at radius 3 is 2.47 bits per heavy atom. The summed E-state index contributed by atoms with van der Waals surface area (Å²) in [6.07, 6.45) is 0.876. The van der Waals surface area contributed by atoms with Crippen LogP contribution in [0.15, 0.2) is 42.5 Å². The monoisotopic (exact) mass is 259 g/mol. The van der Waals surface area contributed by atoms with Gasteiger partial charge in [0.2, 0.25) is 0 Å². The predicted molar refractivity (Wildman–Crippen MR) is 75.9 cm³/mol. The third-order valence-corrected chi connectivity index (χ3v) is 3.30. The summed E-state index contributed by atoms with van der Waals surface area (Å²) >= 11 is 0. The quantitative estimate of drug-likeness (QED) is 0.852. The Bertz CT molecular complexity index is 551. The minimum absolute atomic E-state index is 0.0982. The molecule has 2 nitrogen and oxygen atoms in total. The van der Waals surface area contributed by atoms with E-state index in [1.807, 2.05) is 18.2 Å². The van der Waals surface area contributed by atoms with Crippen molar-refractivity contribution in [1.29, 1.82) is 0 Å². The zero-order valence-corrected chi connectivity index (χ0v) is 11.2. The van der Waals surface area contributed by atoms with E-state index in [0.29, 0.717) is 5.56 Å². The number of hydrogen-bond acceptors (Lipinski definition) is 2. The minimum Gasteiger partial charge on any atom is -0.508 e. The standard InChI is InChI=1S/C16H18FNO/c1-3-15(12-7-9-13(19)10-8-12)18-16-6-4-5-14(17)11(16)2/h4-10,15,18-19H,3H2,1-2H3. The number of anilines is 1. The molecule has 100 valence electrons. The number of rotatable bonds is 4. The SMILES string of the molecule is CCC(Nc1cccc(F)c1C)c1ccc(O)cc1. The van der Waals surface area contributed by atoms with Crippen molar-refractivity contribution >= 4 is 5.69 Å². The molecule has 2 N–H and O–H groups in total. The smallest absolute Gasteiger partial charge is 0.128 e. The fraction of sp³-hybridized carbons (Fsp3) is 0.250. The van der Waals surface area contributed by atoms with Crippen LogP contribution in [0.5, 0.6) is 5.75 Å². The Balaban J connectivity index is 2.24. The van der Waals surface area contributed by atoms with Crippen molar-refractivity contribution < 1.29 is 9.50 Å². The van der Waals surface area contributed by atoms with Crippen LogP contribution in [0.3, 0.4) is 0 Å². The zero-order valence-electron chi connectivity index (χ0n) is 11.2. The van der Waals surface area contributed by atoms with Crippen LogP contribution in [0.25, 0.3) is 0 Å². The molecular weight excluding hydrogens is 241 g/mol. The molecule has 0 aromatic heterocycles. The highest BCUT2D eigenvalue weighted by molar-refractivity contribution is 5.52. The molecule has 0 aliphatic heterocycles. The molecule has 1 atom stereocenters. The number of phenolic OH excluding ortho intramolecular Hbond substituents is 1. The zero-order chi connectivity index (χ0) is 13.8. The molecule has 19 heavy (non-hydrogen) atoms. The van der Waals surface area contributed by atoms with Crippen LogP contribution in [-0.2, 0) is 0 Å². The van der Waals surface area contributed by atoms with Crippen molar-refractivity contribution in [2.75, 3.05) is 5.32 Å². The first-order valence-electron chi connectivity index (χ1n) is 6.42. The molecule has 2 aromatic rings. The van der Waals surface area contributed by atoms with Gasteiger partial charge in [0, 0.05) is 11.3 Å². The van der Waals surface area contributed by atoms with E-state index in [1.54, 1.807) is 25.1 Å². The van der Waals surface area contributed by atoms with Crippen molar-refractivity contribution in [2.45, 2.75) is 26.3 Å². The van der Waals surface area contributed by atoms with Gasteiger partial charge in [0.1, 0.15) is 11.6 Å². The van der Waals surface area contributed by atoms with Gasteiger partial charge in [0.25, 0.3) is 0 Å². The normalized spacial score (nSPS) is 12.2. The second-order valence-electron chi connectivity index (χ2n) is 4.61. The Labute approximate surface area is 112 Å². The van der Waals surface area contributed by atoms with Gasteiger partial charge in [-0.05, 0) is 43.2 Å². The number of nitrogens with one attached hydrogen (secondary N) is 1. The van der Waals surface area contributed by atoms with Crippen LogP contribution < -0.4 is 5.32 Å². The van der Waals surface area contributed by atoms with Gasteiger partial charge < -0.3 is 10.4 Å². The molecule has 0 saturated carbocycles. The van der Waals surface area contributed by atoms with Crippen LogP contribution in [-0.4, -0.2) is 5.11 Å². The van der Waals surface area contributed by atoms with Gasteiger partial charge in [-0.3, -0.25) is 0 Å². The number of benzene rings is 2. The largest absolute Gasteiger partial charge is 0.508 e. The molecule has 2 aromatic carbocycles. The summed E-state index contributed by atoms with van der Waals surface area (Å²) < 4.78 is 13.5. The van der Waals surface area contributed by atoms with E-state index in [0.717, 1.165) is 17.7 Å². The molecule has 0 spiro atoms. The number of aromatic hydroxyl groups is 1. The first kappa shape index (κ1) is 13.4. The molecule has 2 rings (SSSR count). The topological polar surface area (TPSA) is 32.3 Å². The highest BCUT2D eigenvalue weighted by Gasteiger charge is 2.11. The number of halogens is 1. The van der Waals surface area contributed by atoms with Gasteiger partial charge in [0.15, 0.2) is 0 Å². The average molecular weight is 259 g/mol. The summed E-state index contributed by atoms with van der Waals surface area (Å²) in [6, 6.07) is 12.2. The minimum atomic E-state index is -0.203. The van der Waals surface area contributed by atoms with Gasteiger partial charge in [-0.15, -0.1) is 0 Å². The van der Waals surface area contributed by atoms with Crippen molar-refractivity contribution in [3.05, 3.63) is 59.4 Å². The summed E-state index contributed by atoms with van der Waals surface area (Å²) in [6.45, 7) is 3.83. The first-order chi connectivity index (χ1) is 9.11. The van der Waals surface area contributed by atoms with E-state index in [4.69, 9.17) is 0 Å². The average Bonchev–Trinajstić information content (AvgIpc) is 2.42. The Kier molecular flexibility index (Phi) is 4.05. The van der Waals surface area contributed by atoms with Gasteiger partial charge in [-0.25, -0.2) is 4.39 Å². The lowest BCUT2D eigenvalue weighted by Crippen LogP contribution is -2.10. The fourth-order valence-electron chi connectivity index (χ4n) is 2.08. The maximum atomic E-state index is 13.5. The summed E-state index contributed by atoms with van der Waals surface area (Å²) in [4.78, 5) is 0. The number of hydrogen-bond donors (Lipinski definition) is 2. The third kappa shape index (κ3) is 3.05. The highest BCUT2D eigenvalue weighted by atomic mass is 19.1. The maximum absolute atomic E-state index is 13.5. The van der Waals surface area contributed by atoms with Gasteiger partial charge in [-0.2, -0.15) is 0 Å². The van der Waals surface area contributed by atoms with Gasteiger partial charge >= 0.3 is 0 Å². The highest BCUT2D eigenvalue weighted by Crippen LogP contribution is 2.26. The molecule has 3 heteroatoms. The molecule has 0 radical (unpaired) electrons. The molecular formula is C16H18FNO. The van der Waals surface area contributed by atoms with Crippen molar-refractivity contribution in [2.24, 2.45) is 0 Å². The molecule has 0 bridgehead atoms. The van der Waals surface area contributed by atoms with E-state index >= 15 is 0 Å². The molecule has 0 fully saturated rings. The van der Waals surface area contributed by atoms with E-state index in [-0.39, 0.29) is 17.6 Å². The molecule has 0 amide bonds. The van der Waals surface area contributed by atoms with Crippen molar-refractivity contribution in [3.63, 3.8) is 0 Å². The molecule has 0 aliphatic rings. The second-order valence-corrected chi connectivity index (χ2v) is 4.61. The Hall–Kier alpha value is -2.03. The molecule has 0 saturated heterocycles. The van der Waals surface area contributed by atoms with Crippen LogP contribution in [0.4, 0.5) is 10.1 Å². The lowest BCUT2D eigenvalue weighted by Gasteiger charge is -2.20. The molecule has 1 unspecified atom stereocenters. The maximum Gasteiger partial charge on any atom is 0.128 e. The van der Waals surface area contributed by atoms with Gasteiger partial charge in [0.05, 0.1) is 6.04 Å². The Morgan fingerprint density at radius 1 is 1.16 bits per heavy atom. The van der Waals surface area contributed by atoms with Gasteiger partial charge in [-0.1, -0.05) is 25.1 Å².